The summed E-state index contributed by atoms with van der Waals surface area (Å²) in [4.78, 5) is 10.8. The monoisotopic (exact) mass is 286 g/mol. The van der Waals surface area contributed by atoms with Gasteiger partial charge < -0.3 is 5.11 Å². The lowest BCUT2D eigenvalue weighted by molar-refractivity contribution is 0.112. The lowest BCUT2D eigenvalue weighted by Crippen LogP contribution is -1.91. The van der Waals surface area contributed by atoms with Gasteiger partial charge in [0.2, 0.25) is 0 Å². The van der Waals surface area contributed by atoms with Gasteiger partial charge in [0.1, 0.15) is 11.6 Å². The number of carbonyl (C=O) groups excluding carboxylic acids is 1. The van der Waals surface area contributed by atoms with E-state index in [4.69, 9.17) is 0 Å². The van der Waals surface area contributed by atoms with Crippen molar-refractivity contribution in [2.24, 2.45) is 0 Å². The Bertz CT molecular complexity index is 635. The number of hydrogen-bond donors (Lipinski definition) is 1. The summed E-state index contributed by atoms with van der Waals surface area (Å²) in [5, 5.41) is 9.49. The van der Waals surface area contributed by atoms with Gasteiger partial charge >= 0.3 is 0 Å². The third-order valence-corrected chi connectivity index (χ3v) is 3.57. The van der Waals surface area contributed by atoms with Crippen molar-refractivity contribution in [3.8, 4) is 16.9 Å². The van der Waals surface area contributed by atoms with E-state index in [0.717, 1.165) is 31.2 Å². The Kier molecular flexibility index (Phi) is 5.09. The summed E-state index contributed by atoms with van der Waals surface area (Å²) in [5.74, 6) is -0.392. The first-order valence-electron chi connectivity index (χ1n) is 7.22. The Balaban J connectivity index is 2.26. The van der Waals surface area contributed by atoms with Gasteiger partial charge in [0.05, 0.1) is 5.56 Å². The minimum Gasteiger partial charge on any atom is -0.507 e. The van der Waals surface area contributed by atoms with Gasteiger partial charge in [-0.05, 0) is 42.2 Å². The van der Waals surface area contributed by atoms with E-state index in [0.29, 0.717) is 17.4 Å². The zero-order chi connectivity index (χ0) is 15.2. The molecule has 0 amide bonds. The summed E-state index contributed by atoms with van der Waals surface area (Å²) in [6, 6.07) is 9.72. The largest absolute Gasteiger partial charge is 0.507 e. The molecule has 2 aromatic carbocycles. The number of hydrogen-bond acceptors (Lipinski definition) is 2. The smallest absolute Gasteiger partial charge is 0.153 e. The Morgan fingerprint density at radius 3 is 2.62 bits per heavy atom. The fourth-order valence-corrected chi connectivity index (χ4v) is 2.34. The normalized spacial score (nSPS) is 10.6. The maximum Gasteiger partial charge on any atom is 0.153 e. The van der Waals surface area contributed by atoms with Crippen LogP contribution >= 0.6 is 0 Å². The van der Waals surface area contributed by atoms with E-state index in [-0.39, 0.29) is 17.1 Å². The van der Waals surface area contributed by atoms with Crippen molar-refractivity contribution in [3.63, 3.8) is 0 Å². The summed E-state index contributed by atoms with van der Waals surface area (Å²) in [5.41, 5.74) is 2.18. The van der Waals surface area contributed by atoms with E-state index in [9.17, 15) is 14.3 Å². The van der Waals surface area contributed by atoms with E-state index in [1.807, 2.05) is 6.07 Å². The van der Waals surface area contributed by atoms with Gasteiger partial charge in [-0.3, -0.25) is 4.79 Å². The number of unbranched alkanes of at least 4 members (excludes halogenated alkanes) is 2. The maximum absolute atomic E-state index is 14.2. The average molecular weight is 286 g/mol. The molecule has 2 rings (SSSR count). The molecule has 21 heavy (non-hydrogen) atoms. The standard InChI is InChI=1S/C18H19FO2/c1-2-3-4-5-13-6-8-16(17(19)10-13)14-7-9-18(21)15(11-14)12-20/h6-12,21H,2-5H2,1H3. The molecule has 0 heterocycles. The topological polar surface area (TPSA) is 37.3 Å². The van der Waals surface area contributed by atoms with Crippen LogP contribution < -0.4 is 0 Å². The number of rotatable bonds is 6. The number of phenols is 1. The van der Waals surface area contributed by atoms with Crippen LogP contribution in [0.2, 0.25) is 0 Å². The van der Waals surface area contributed by atoms with Crippen molar-refractivity contribution in [1.82, 2.24) is 0 Å². The molecule has 0 saturated carbocycles. The molecule has 2 nitrogen and oxygen atoms in total. The molecule has 2 aromatic rings. The number of phenolic OH excluding ortho intramolecular Hbond substituents is 1. The van der Waals surface area contributed by atoms with Gasteiger partial charge in [-0.25, -0.2) is 4.39 Å². The second-order valence-corrected chi connectivity index (χ2v) is 5.16. The first kappa shape index (κ1) is 15.2. The highest BCUT2D eigenvalue weighted by Crippen LogP contribution is 2.28. The third kappa shape index (κ3) is 3.69. The van der Waals surface area contributed by atoms with Crippen LogP contribution in [0.3, 0.4) is 0 Å². The SMILES string of the molecule is CCCCCc1ccc(-c2ccc(O)c(C=O)c2)c(F)c1. The lowest BCUT2D eigenvalue weighted by atomic mass is 9.99. The molecule has 0 aliphatic carbocycles. The van der Waals surface area contributed by atoms with Gasteiger partial charge in [-0.2, -0.15) is 0 Å². The van der Waals surface area contributed by atoms with Crippen LogP contribution in [0.4, 0.5) is 4.39 Å². The molecular formula is C18H19FO2. The molecule has 3 heteroatoms. The minimum absolute atomic E-state index is 0.0923. The second-order valence-electron chi connectivity index (χ2n) is 5.16. The highest BCUT2D eigenvalue weighted by atomic mass is 19.1. The minimum atomic E-state index is -0.300. The molecule has 110 valence electrons. The second kappa shape index (κ2) is 7.02. The van der Waals surface area contributed by atoms with Crippen LogP contribution in [0.25, 0.3) is 11.1 Å². The van der Waals surface area contributed by atoms with E-state index in [2.05, 4.69) is 6.92 Å². The summed E-state index contributed by atoms with van der Waals surface area (Å²) < 4.78 is 14.2. The third-order valence-electron chi connectivity index (χ3n) is 3.57. The first-order chi connectivity index (χ1) is 10.2. The Morgan fingerprint density at radius 2 is 1.95 bits per heavy atom. The summed E-state index contributed by atoms with van der Waals surface area (Å²) in [6.07, 6.45) is 4.78. The Labute approximate surface area is 124 Å². The Morgan fingerprint density at radius 1 is 1.14 bits per heavy atom. The average Bonchev–Trinajstić information content (AvgIpc) is 2.48. The molecule has 0 aliphatic heterocycles. The highest BCUT2D eigenvalue weighted by Gasteiger charge is 2.09. The molecule has 0 unspecified atom stereocenters. The number of aromatic hydroxyl groups is 1. The molecule has 0 atom stereocenters. The molecule has 0 bridgehead atoms. The van der Waals surface area contributed by atoms with E-state index < -0.39 is 0 Å². The van der Waals surface area contributed by atoms with Gasteiger partial charge in [0.15, 0.2) is 6.29 Å². The van der Waals surface area contributed by atoms with Crippen LogP contribution in [0.15, 0.2) is 36.4 Å². The van der Waals surface area contributed by atoms with Gasteiger partial charge in [-0.15, -0.1) is 0 Å². The number of aldehydes is 1. The Hall–Kier alpha value is -2.16. The van der Waals surface area contributed by atoms with E-state index in [1.54, 1.807) is 18.2 Å². The molecule has 0 aliphatic rings. The van der Waals surface area contributed by atoms with Gasteiger partial charge in [0, 0.05) is 5.56 Å². The van der Waals surface area contributed by atoms with Crippen molar-refractivity contribution in [2.45, 2.75) is 32.6 Å². The van der Waals surface area contributed by atoms with Crippen LogP contribution in [0, 0.1) is 5.82 Å². The van der Waals surface area contributed by atoms with Crippen molar-refractivity contribution < 1.29 is 14.3 Å². The van der Waals surface area contributed by atoms with E-state index in [1.165, 1.54) is 12.1 Å². The molecule has 1 N–H and O–H groups in total. The number of aryl methyl sites for hydroxylation is 1. The zero-order valence-electron chi connectivity index (χ0n) is 12.1. The lowest BCUT2D eigenvalue weighted by Gasteiger charge is -2.08. The molecule has 0 fully saturated rings. The van der Waals surface area contributed by atoms with Crippen LogP contribution in [-0.2, 0) is 6.42 Å². The molecule has 0 aromatic heterocycles. The molecule has 0 spiro atoms. The molecule has 0 saturated heterocycles. The fourth-order valence-electron chi connectivity index (χ4n) is 2.34. The van der Waals surface area contributed by atoms with Crippen LogP contribution in [0.1, 0.15) is 42.1 Å². The van der Waals surface area contributed by atoms with Crippen molar-refractivity contribution in [1.29, 1.82) is 0 Å². The van der Waals surface area contributed by atoms with Gasteiger partial charge in [0.25, 0.3) is 0 Å². The first-order valence-corrected chi connectivity index (χ1v) is 7.22. The van der Waals surface area contributed by atoms with Crippen LogP contribution in [-0.4, -0.2) is 11.4 Å². The molecule has 0 radical (unpaired) electrons. The summed E-state index contributed by atoms with van der Waals surface area (Å²) >= 11 is 0. The molecular weight excluding hydrogens is 267 g/mol. The predicted octanol–water partition coefficient (Wildman–Crippen LogP) is 4.74. The van der Waals surface area contributed by atoms with Crippen molar-refractivity contribution in [2.75, 3.05) is 0 Å². The van der Waals surface area contributed by atoms with E-state index >= 15 is 0 Å². The predicted molar refractivity (Wildman–Crippen MR) is 82.1 cm³/mol. The zero-order valence-corrected chi connectivity index (χ0v) is 12.1. The fraction of sp³-hybridized carbons (Fsp3) is 0.278. The van der Waals surface area contributed by atoms with Crippen molar-refractivity contribution in [3.05, 3.63) is 53.3 Å². The number of halogens is 1. The summed E-state index contributed by atoms with van der Waals surface area (Å²) in [7, 11) is 0. The number of benzene rings is 2. The van der Waals surface area contributed by atoms with Gasteiger partial charge in [-0.1, -0.05) is 38.0 Å². The number of carbonyl (C=O) groups is 1. The highest BCUT2D eigenvalue weighted by molar-refractivity contribution is 5.82. The summed E-state index contributed by atoms with van der Waals surface area (Å²) in [6.45, 7) is 2.14. The maximum atomic E-state index is 14.2. The van der Waals surface area contributed by atoms with Crippen LogP contribution in [0.5, 0.6) is 5.75 Å². The quantitative estimate of drug-likeness (QED) is 0.615. The van der Waals surface area contributed by atoms with Crippen molar-refractivity contribution >= 4 is 6.29 Å².